The van der Waals surface area contributed by atoms with E-state index in [0.29, 0.717) is 12.2 Å². The van der Waals surface area contributed by atoms with Gasteiger partial charge in [-0.1, -0.05) is 0 Å². The molecule has 2 heterocycles. The number of halogens is 1. The fraction of sp³-hybridized carbons (Fsp3) is 1.00. The molecule has 0 unspecified atom stereocenters. The molecular formula is C8H16ClNO. The van der Waals surface area contributed by atoms with Gasteiger partial charge in [-0.2, -0.15) is 0 Å². The van der Waals surface area contributed by atoms with Crippen LogP contribution in [0, 0.1) is 5.92 Å². The largest absolute Gasteiger partial charge is 0.375 e. The van der Waals surface area contributed by atoms with Gasteiger partial charge in [0.05, 0.1) is 12.2 Å². The van der Waals surface area contributed by atoms with E-state index in [1.54, 1.807) is 0 Å². The van der Waals surface area contributed by atoms with Crippen LogP contribution in [0.3, 0.4) is 0 Å². The molecule has 3 heteroatoms. The number of ether oxygens (including phenoxy) is 1. The molecule has 2 aliphatic heterocycles. The molecular weight excluding hydrogens is 162 g/mol. The van der Waals surface area contributed by atoms with Gasteiger partial charge >= 0.3 is 0 Å². The summed E-state index contributed by atoms with van der Waals surface area (Å²) in [7, 11) is 0. The molecule has 0 aliphatic carbocycles. The minimum atomic E-state index is 0. The van der Waals surface area contributed by atoms with Crippen LogP contribution in [0.1, 0.15) is 25.7 Å². The molecule has 2 rings (SSSR count). The fourth-order valence-electron chi connectivity index (χ4n) is 2.26. The van der Waals surface area contributed by atoms with Crippen molar-refractivity contribution in [2.45, 2.75) is 37.9 Å². The van der Waals surface area contributed by atoms with E-state index in [0.717, 1.165) is 12.5 Å². The summed E-state index contributed by atoms with van der Waals surface area (Å²) in [6, 6.07) is 0. The molecule has 2 aliphatic rings. The minimum absolute atomic E-state index is 0. The maximum Gasteiger partial charge on any atom is 0.0609 e. The van der Waals surface area contributed by atoms with Crippen molar-refractivity contribution >= 4 is 12.4 Å². The Bertz CT molecular complexity index is 131. The van der Waals surface area contributed by atoms with Crippen molar-refractivity contribution in [1.82, 2.24) is 0 Å². The first-order valence-electron chi connectivity index (χ1n) is 4.25. The van der Waals surface area contributed by atoms with Gasteiger partial charge in [0.25, 0.3) is 0 Å². The average molecular weight is 178 g/mol. The summed E-state index contributed by atoms with van der Waals surface area (Å²) in [5, 5.41) is 0. The summed E-state index contributed by atoms with van der Waals surface area (Å²) in [6.45, 7) is 0.831. The maximum atomic E-state index is 5.68. The molecule has 0 aromatic carbocycles. The first-order valence-corrected chi connectivity index (χ1v) is 4.25. The number of hydrogen-bond donors (Lipinski definition) is 1. The Labute approximate surface area is 73.9 Å². The van der Waals surface area contributed by atoms with Crippen molar-refractivity contribution < 1.29 is 4.74 Å². The summed E-state index contributed by atoms with van der Waals surface area (Å²) in [5.41, 5.74) is 5.48. The number of rotatable bonds is 2. The van der Waals surface area contributed by atoms with Gasteiger partial charge in [-0.15, -0.1) is 12.4 Å². The van der Waals surface area contributed by atoms with E-state index in [9.17, 15) is 0 Å². The monoisotopic (exact) mass is 177 g/mol. The highest BCUT2D eigenvalue weighted by Gasteiger charge is 2.39. The van der Waals surface area contributed by atoms with Crippen molar-refractivity contribution in [3.8, 4) is 0 Å². The average Bonchev–Trinajstić information content (AvgIpc) is 2.48. The van der Waals surface area contributed by atoms with Crippen LogP contribution in [0.25, 0.3) is 0 Å². The van der Waals surface area contributed by atoms with Crippen molar-refractivity contribution in [2.24, 2.45) is 11.7 Å². The Hall–Kier alpha value is 0.210. The summed E-state index contributed by atoms with van der Waals surface area (Å²) in [6.07, 6.45) is 6.21. The lowest BCUT2D eigenvalue weighted by Gasteiger charge is -2.16. The third-order valence-corrected chi connectivity index (χ3v) is 2.77. The van der Waals surface area contributed by atoms with Gasteiger partial charge in [0.2, 0.25) is 0 Å². The Balaban J connectivity index is 0.000000605. The second kappa shape index (κ2) is 3.74. The Kier molecular flexibility index (Phi) is 3.16. The van der Waals surface area contributed by atoms with Crippen molar-refractivity contribution in [3.63, 3.8) is 0 Å². The van der Waals surface area contributed by atoms with Crippen LogP contribution in [-0.4, -0.2) is 18.8 Å². The van der Waals surface area contributed by atoms with E-state index in [2.05, 4.69) is 0 Å². The smallest absolute Gasteiger partial charge is 0.0609 e. The molecule has 0 saturated carbocycles. The van der Waals surface area contributed by atoms with E-state index < -0.39 is 0 Å². The first-order chi connectivity index (χ1) is 4.90. The molecule has 2 saturated heterocycles. The van der Waals surface area contributed by atoms with E-state index in [1.165, 1.54) is 25.7 Å². The summed E-state index contributed by atoms with van der Waals surface area (Å²) in [4.78, 5) is 0. The van der Waals surface area contributed by atoms with Crippen molar-refractivity contribution in [2.75, 3.05) is 6.54 Å². The fourth-order valence-corrected chi connectivity index (χ4v) is 2.26. The quantitative estimate of drug-likeness (QED) is 0.691. The van der Waals surface area contributed by atoms with Crippen molar-refractivity contribution in [3.05, 3.63) is 0 Å². The molecule has 11 heavy (non-hydrogen) atoms. The Morgan fingerprint density at radius 3 is 2.64 bits per heavy atom. The molecule has 2 fully saturated rings. The minimum Gasteiger partial charge on any atom is -0.375 e. The molecule has 2 N–H and O–H groups in total. The molecule has 2 nitrogen and oxygen atoms in total. The molecule has 0 radical (unpaired) electrons. The van der Waals surface area contributed by atoms with E-state index >= 15 is 0 Å². The highest BCUT2D eigenvalue weighted by molar-refractivity contribution is 5.85. The lowest BCUT2D eigenvalue weighted by atomic mass is 9.87. The molecule has 66 valence electrons. The van der Waals surface area contributed by atoms with Crippen molar-refractivity contribution in [1.29, 1.82) is 0 Å². The Morgan fingerprint density at radius 1 is 1.36 bits per heavy atom. The van der Waals surface area contributed by atoms with Gasteiger partial charge in [0, 0.05) is 0 Å². The second-order valence-electron chi connectivity index (χ2n) is 3.45. The van der Waals surface area contributed by atoms with E-state index in [-0.39, 0.29) is 12.4 Å². The molecule has 0 aromatic rings. The number of fused-ring (bicyclic) bond motifs is 2. The van der Waals surface area contributed by atoms with Gasteiger partial charge in [0.1, 0.15) is 0 Å². The van der Waals surface area contributed by atoms with Gasteiger partial charge < -0.3 is 10.5 Å². The molecule has 3 atom stereocenters. The zero-order valence-electron chi connectivity index (χ0n) is 6.66. The summed E-state index contributed by atoms with van der Waals surface area (Å²) >= 11 is 0. The highest BCUT2D eigenvalue weighted by Crippen LogP contribution is 2.39. The Morgan fingerprint density at radius 2 is 2.18 bits per heavy atom. The van der Waals surface area contributed by atoms with Crippen LogP contribution >= 0.6 is 12.4 Å². The normalized spacial score (nSPS) is 40.6. The van der Waals surface area contributed by atoms with Crippen LogP contribution < -0.4 is 5.73 Å². The molecule has 0 aromatic heterocycles. The maximum absolute atomic E-state index is 5.68. The van der Waals surface area contributed by atoms with Crippen LogP contribution in [-0.2, 0) is 4.74 Å². The first kappa shape index (κ1) is 9.30. The SMILES string of the molecule is Cl.NCC[C@@H]1C[C@H]2CC[C@@H]1O2. The third kappa shape index (κ3) is 1.68. The topological polar surface area (TPSA) is 35.2 Å². The summed E-state index contributed by atoms with van der Waals surface area (Å²) < 4.78 is 5.68. The molecule has 0 amide bonds. The van der Waals surface area contributed by atoms with Gasteiger partial charge in [-0.25, -0.2) is 0 Å². The number of hydrogen-bond acceptors (Lipinski definition) is 2. The number of nitrogens with two attached hydrogens (primary N) is 1. The van der Waals surface area contributed by atoms with Gasteiger partial charge in [-0.05, 0) is 38.1 Å². The van der Waals surface area contributed by atoms with Gasteiger partial charge in [-0.3, -0.25) is 0 Å². The lowest BCUT2D eigenvalue weighted by Crippen LogP contribution is -2.19. The van der Waals surface area contributed by atoms with E-state index in [1.807, 2.05) is 0 Å². The highest BCUT2D eigenvalue weighted by atomic mass is 35.5. The van der Waals surface area contributed by atoms with Gasteiger partial charge in [0.15, 0.2) is 0 Å². The zero-order valence-corrected chi connectivity index (χ0v) is 7.48. The predicted octanol–water partition coefficient (Wildman–Crippen LogP) is 1.32. The van der Waals surface area contributed by atoms with Crippen LogP contribution in [0.15, 0.2) is 0 Å². The predicted molar refractivity (Wildman–Crippen MR) is 46.9 cm³/mol. The second-order valence-corrected chi connectivity index (χ2v) is 3.45. The standard InChI is InChI=1S/C8H15NO.ClH/c9-4-3-6-5-7-1-2-8(6)10-7;/h6-8H,1-5,9H2;1H/t6-,7-,8+;/m1./s1. The van der Waals surface area contributed by atoms with Crippen LogP contribution in [0.5, 0.6) is 0 Å². The lowest BCUT2D eigenvalue weighted by molar-refractivity contribution is 0.0916. The van der Waals surface area contributed by atoms with E-state index in [4.69, 9.17) is 10.5 Å². The van der Waals surface area contributed by atoms with Crippen LogP contribution in [0.2, 0.25) is 0 Å². The third-order valence-electron chi connectivity index (χ3n) is 2.77. The summed E-state index contributed by atoms with van der Waals surface area (Å²) in [5.74, 6) is 0.795. The molecule has 2 bridgehead atoms. The molecule has 0 spiro atoms. The zero-order chi connectivity index (χ0) is 6.97. The van der Waals surface area contributed by atoms with Crippen LogP contribution in [0.4, 0.5) is 0 Å².